The van der Waals surface area contributed by atoms with Crippen LogP contribution in [0.4, 0.5) is 5.82 Å². The zero-order valence-corrected chi connectivity index (χ0v) is 10.9. The Morgan fingerprint density at radius 3 is 2.89 bits per heavy atom. The summed E-state index contributed by atoms with van der Waals surface area (Å²) in [6.07, 6.45) is 4.07. The van der Waals surface area contributed by atoms with E-state index in [2.05, 4.69) is 10.4 Å². The first-order valence-electron chi connectivity index (χ1n) is 6.36. The summed E-state index contributed by atoms with van der Waals surface area (Å²) in [5, 5.41) is 0. The highest BCUT2D eigenvalue weighted by Gasteiger charge is 2.29. The van der Waals surface area contributed by atoms with Crippen molar-refractivity contribution in [2.45, 2.75) is 32.7 Å². The molecule has 5 nitrogen and oxygen atoms in total. The number of nitrogens with one attached hydrogen (secondary N) is 1. The Kier molecular flexibility index (Phi) is 3.81. The second-order valence-electron chi connectivity index (χ2n) is 5.04. The molecule has 1 fully saturated rings. The average Bonchev–Trinajstić information content (AvgIpc) is 3.18. The fourth-order valence-electron chi connectivity index (χ4n) is 1.95. The molecule has 1 aliphatic rings. The lowest BCUT2D eigenvalue weighted by atomic mass is 10.2. The average molecular weight is 248 g/mol. The van der Waals surface area contributed by atoms with E-state index in [4.69, 9.17) is 5.84 Å². The minimum atomic E-state index is -0.00190. The lowest BCUT2D eigenvalue weighted by Crippen LogP contribution is -2.39. The molecule has 1 saturated carbocycles. The van der Waals surface area contributed by atoms with E-state index in [1.807, 2.05) is 18.7 Å². The van der Waals surface area contributed by atoms with Crippen molar-refractivity contribution < 1.29 is 4.79 Å². The zero-order valence-electron chi connectivity index (χ0n) is 10.9. The van der Waals surface area contributed by atoms with Gasteiger partial charge in [-0.05, 0) is 44.7 Å². The lowest BCUT2D eigenvalue weighted by Gasteiger charge is -2.27. The monoisotopic (exact) mass is 248 g/mol. The van der Waals surface area contributed by atoms with Crippen molar-refractivity contribution >= 4 is 11.7 Å². The molecular formula is C13H20N4O. The van der Waals surface area contributed by atoms with Crippen LogP contribution in [0.1, 0.15) is 37.0 Å². The number of rotatable bonds is 5. The number of amides is 1. The van der Waals surface area contributed by atoms with Gasteiger partial charge in [-0.25, -0.2) is 10.8 Å². The Labute approximate surface area is 107 Å². The van der Waals surface area contributed by atoms with Crippen molar-refractivity contribution in [2.75, 3.05) is 12.0 Å². The number of nitrogens with two attached hydrogens (primary N) is 1. The van der Waals surface area contributed by atoms with Crippen molar-refractivity contribution in [1.82, 2.24) is 9.88 Å². The van der Waals surface area contributed by atoms with Crippen LogP contribution < -0.4 is 11.3 Å². The van der Waals surface area contributed by atoms with Gasteiger partial charge in [0.25, 0.3) is 5.91 Å². The smallest absolute Gasteiger partial charge is 0.257 e. The van der Waals surface area contributed by atoms with Gasteiger partial charge in [-0.15, -0.1) is 0 Å². The third kappa shape index (κ3) is 2.79. The summed E-state index contributed by atoms with van der Waals surface area (Å²) in [6, 6.07) is 3.69. The maximum Gasteiger partial charge on any atom is 0.257 e. The highest BCUT2D eigenvalue weighted by molar-refractivity contribution is 5.98. The molecule has 1 heterocycles. The van der Waals surface area contributed by atoms with Gasteiger partial charge in [0.1, 0.15) is 0 Å². The molecule has 18 heavy (non-hydrogen) atoms. The van der Waals surface area contributed by atoms with Crippen LogP contribution in [0.2, 0.25) is 0 Å². The van der Waals surface area contributed by atoms with Crippen molar-refractivity contribution in [3.63, 3.8) is 0 Å². The summed E-state index contributed by atoms with van der Waals surface area (Å²) in [7, 11) is 0. The molecular weight excluding hydrogens is 228 g/mol. The number of carbonyl (C=O) groups is 1. The number of nitrogen functional groups attached to an aromatic ring is 1. The molecule has 3 N–H and O–H groups in total. The summed E-state index contributed by atoms with van der Waals surface area (Å²) in [5.41, 5.74) is 3.02. The highest BCUT2D eigenvalue weighted by atomic mass is 16.2. The Morgan fingerprint density at radius 2 is 2.33 bits per heavy atom. The maximum absolute atomic E-state index is 12.5. The summed E-state index contributed by atoms with van der Waals surface area (Å²) in [5.74, 6) is 6.50. The van der Waals surface area contributed by atoms with Crippen molar-refractivity contribution in [3.8, 4) is 0 Å². The molecule has 0 bridgehead atoms. The van der Waals surface area contributed by atoms with Gasteiger partial charge in [0, 0.05) is 18.8 Å². The van der Waals surface area contributed by atoms with Gasteiger partial charge in [-0.1, -0.05) is 0 Å². The SMILES string of the molecule is CC(C)N(CC1CC1)C(=O)c1cccnc1NN. The van der Waals surface area contributed by atoms with E-state index in [0.29, 0.717) is 17.3 Å². The van der Waals surface area contributed by atoms with Gasteiger partial charge >= 0.3 is 0 Å². The zero-order chi connectivity index (χ0) is 13.1. The molecule has 0 unspecified atom stereocenters. The normalized spacial score (nSPS) is 14.7. The summed E-state index contributed by atoms with van der Waals surface area (Å²) < 4.78 is 0. The predicted molar refractivity (Wildman–Crippen MR) is 70.9 cm³/mol. The number of anilines is 1. The second kappa shape index (κ2) is 5.35. The minimum Gasteiger partial charge on any atom is -0.336 e. The molecule has 1 amide bonds. The van der Waals surface area contributed by atoms with Crippen LogP contribution >= 0.6 is 0 Å². The molecule has 0 radical (unpaired) electrons. The third-order valence-electron chi connectivity index (χ3n) is 3.21. The summed E-state index contributed by atoms with van der Waals surface area (Å²) >= 11 is 0. The number of hydrogen-bond donors (Lipinski definition) is 2. The number of nitrogens with zero attached hydrogens (tertiary/aromatic N) is 2. The van der Waals surface area contributed by atoms with Gasteiger partial charge in [-0.2, -0.15) is 0 Å². The molecule has 0 atom stereocenters. The second-order valence-corrected chi connectivity index (χ2v) is 5.04. The topological polar surface area (TPSA) is 71.2 Å². The molecule has 2 rings (SSSR count). The predicted octanol–water partition coefficient (Wildman–Crippen LogP) is 1.63. The number of hydrogen-bond acceptors (Lipinski definition) is 4. The fourth-order valence-corrected chi connectivity index (χ4v) is 1.95. The van der Waals surface area contributed by atoms with Crippen LogP contribution in [0.15, 0.2) is 18.3 Å². The van der Waals surface area contributed by atoms with E-state index < -0.39 is 0 Å². The van der Waals surface area contributed by atoms with Crippen molar-refractivity contribution in [2.24, 2.45) is 11.8 Å². The molecule has 0 aromatic carbocycles. The first kappa shape index (κ1) is 12.8. The summed E-state index contributed by atoms with van der Waals surface area (Å²) in [6.45, 7) is 4.90. The molecule has 0 aliphatic heterocycles. The largest absolute Gasteiger partial charge is 0.336 e. The van der Waals surface area contributed by atoms with Crippen LogP contribution in [0, 0.1) is 5.92 Å². The Balaban J connectivity index is 2.20. The number of pyridine rings is 1. The van der Waals surface area contributed by atoms with Crippen molar-refractivity contribution in [1.29, 1.82) is 0 Å². The van der Waals surface area contributed by atoms with Gasteiger partial charge < -0.3 is 10.3 Å². The Bertz CT molecular complexity index is 429. The van der Waals surface area contributed by atoms with E-state index in [1.165, 1.54) is 12.8 Å². The van der Waals surface area contributed by atoms with Gasteiger partial charge in [-0.3, -0.25) is 4.79 Å². The van der Waals surface area contributed by atoms with Crippen LogP contribution in [0.25, 0.3) is 0 Å². The van der Waals surface area contributed by atoms with Crippen molar-refractivity contribution in [3.05, 3.63) is 23.9 Å². The van der Waals surface area contributed by atoms with Gasteiger partial charge in [0.15, 0.2) is 5.82 Å². The fraction of sp³-hybridized carbons (Fsp3) is 0.538. The molecule has 98 valence electrons. The van der Waals surface area contributed by atoms with E-state index >= 15 is 0 Å². The van der Waals surface area contributed by atoms with Crippen LogP contribution in [0.5, 0.6) is 0 Å². The number of carbonyl (C=O) groups excluding carboxylic acids is 1. The maximum atomic E-state index is 12.5. The number of aromatic nitrogens is 1. The summed E-state index contributed by atoms with van der Waals surface area (Å²) in [4.78, 5) is 18.5. The van der Waals surface area contributed by atoms with E-state index in [1.54, 1.807) is 18.3 Å². The van der Waals surface area contributed by atoms with E-state index in [9.17, 15) is 4.79 Å². The molecule has 1 aliphatic carbocycles. The molecule has 0 saturated heterocycles. The van der Waals surface area contributed by atoms with Crippen LogP contribution in [-0.2, 0) is 0 Å². The minimum absolute atomic E-state index is 0.00190. The first-order chi connectivity index (χ1) is 8.63. The van der Waals surface area contributed by atoms with E-state index in [-0.39, 0.29) is 11.9 Å². The van der Waals surface area contributed by atoms with Gasteiger partial charge in [0.2, 0.25) is 0 Å². The lowest BCUT2D eigenvalue weighted by molar-refractivity contribution is 0.0697. The Morgan fingerprint density at radius 1 is 1.61 bits per heavy atom. The third-order valence-corrected chi connectivity index (χ3v) is 3.21. The van der Waals surface area contributed by atoms with E-state index in [0.717, 1.165) is 6.54 Å². The van der Waals surface area contributed by atoms with Crippen LogP contribution in [-0.4, -0.2) is 28.4 Å². The molecule has 1 aromatic rings. The van der Waals surface area contributed by atoms with Crippen LogP contribution in [0.3, 0.4) is 0 Å². The standard InChI is InChI=1S/C13H20N4O/c1-9(2)17(8-10-5-6-10)13(18)11-4-3-7-15-12(11)16-14/h3-4,7,9-10H,5-6,8,14H2,1-2H3,(H,15,16). The molecule has 0 spiro atoms. The van der Waals surface area contributed by atoms with Gasteiger partial charge in [0.05, 0.1) is 5.56 Å². The Hall–Kier alpha value is -1.62. The highest BCUT2D eigenvalue weighted by Crippen LogP contribution is 2.31. The molecule has 5 heteroatoms. The number of hydrazine groups is 1. The quantitative estimate of drug-likeness (QED) is 0.613. The first-order valence-corrected chi connectivity index (χ1v) is 6.36. The molecule has 1 aromatic heterocycles.